The van der Waals surface area contributed by atoms with Gasteiger partial charge in [-0.2, -0.15) is 0 Å². The number of anilines is 2. The molecule has 0 saturated heterocycles. The molecule has 0 saturated carbocycles. The SMILES string of the molecule is CCCOc1ccc(N2C(=O)c3ccccc3N[C@@H]2c2ccc(F)cc2)cc1. The molecule has 1 heterocycles. The van der Waals surface area contributed by atoms with Crippen LogP contribution in [-0.4, -0.2) is 12.5 Å². The number of para-hydroxylation sites is 1. The Morgan fingerprint density at radius 2 is 1.71 bits per heavy atom. The average molecular weight is 376 g/mol. The van der Waals surface area contributed by atoms with Gasteiger partial charge in [-0.1, -0.05) is 31.2 Å². The van der Waals surface area contributed by atoms with E-state index in [9.17, 15) is 9.18 Å². The second-order valence-electron chi connectivity index (χ2n) is 6.66. The maximum atomic E-state index is 13.4. The highest BCUT2D eigenvalue weighted by Gasteiger charge is 2.33. The zero-order chi connectivity index (χ0) is 19.5. The van der Waals surface area contributed by atoms with Gasteiger partial charge in [0.05, 0.1) is 12.2 Å². The van der Waals surface area contributed by atoms with Gasteiger partial charge in [0.2, 0.25) is 0 Å². The molecule has 5 heteroatoms. The van der Waals surface area contributed by atoms with Crippen molar-refractivity contribution in [1.29, 1.82) is 0 Å². The summed E-state index contributed by atoms with van der Waals surface area (Å²) in [4.78, 5) is 15.0. The number of nitrogens with one attached hydrogen (secondary N) is 1. The van der Waals surface area contributed by atoms with Crippen LogP contribution in [0.2, 0.25) is 0 Å². The maximum absolute atomic E-state index is 13.4. The summed E-state index contributed by atoms with van der Waals surface area (Å²) in [7, 11) is 0. The van der Waals surface area contributed by atoms with Crippen molar-refractivity contribution in [2.75, 3.05) is 16.8 Å². The Bertz CT molecular complexity index is 971. The smallest absolute Gasteiger partial charge is 0.262 e. The van der Waals surface area contributed by atoms with E-state index in [1.807, 2.05) is 42.5 Å². The molecule has 0 bridgehead atoms. The largest absolute Gasteiger partial charge is 0.494 e. The fraction of sp³-hybridized carbons (Fsp3) is 0.174. The van der Waals surface area contributed by atoms with E-state index in [-0.39, 0.29) is 11.7 Å². The number of carbonyl (C=O) groups excluding carboxylic acids is 1. The lowest BCUT2D eigenvalue weighted by Gasteiger charge is -2.38. The molecule has 1 amide bonds. The van der Waals surface area contributed by atoms with E-state index < -0.39 is 6.17 Å². The summed E-state index contributed by atoms with van der Waals surface area (Å²) in [5.41, 5.74) is 2.91. The normalized spacial score (nSPS) is 15.7. The van der Waals surface area contributed by atoms with Gasteiger partial charge in [0.15, 0.2) is 0 Å². The minimum atomic E-state index is -0.439. The zero-order valence-corrected chi connectivity index (χ0v) is 15.6. The highest BCUT2D eigenvalue weighted by atomic mass is 19.1. The molecule has 0 aromatic heterocycles. The van der Waals surface area contributed by atoms with Crippen molar-refractivity contribution in [3.63, 3.8) is 0 Å². The summed E-state index contributed by atoms with van der Waals surface area (Å²) in [6.07, 6.45) is 0.491. The highest BCUT2D eigenvalue weighted by Crippen LogP contribution is 2.37. The topological polar surface area (TPSA) is 41.6 Å². The van der Waals surface area contributed by atoms with E-state index >= 15 is 0 Å². The number of ether oxygens (including phenoxy) is 1. The minimum Gasteiger partial charge on any atom is -0.494 e. The maximum Gasteiger partial charge on any atom is 0.262 e. The lowest BCUT2D eigenvalue weighted by molar-refractivity contribution is 0.0975. The van der Waals surface area contributed by atoms with Gasteiger partial charge in [-0.3, -0.25) is 9.69 Å². The summed E-state index contributed by atoms with van der Waals surface area (Å²) >= 11 is 0. The Morgan fingerprint density at radius 1 is 1.00 bits per heavy atom. The molecule has 0 fully saturated rings. The van der Waals surface area contributed by atoms with Crippen molar-refractivity contribution in [3.05, 3.63) is 89.7 Å². The molecule has 1 aliphatic rings. The number of amides is 1. The molecule has 4 rings (SSSR count). The van der Waals surface area contributed by atoms with Crippen LogP contribution in [0.1, 0.15) is 35.4 Å². The fourth-order valence-corrected chi connectivity index (χ4v) is 3.32. The van der Waals surface area contributed by atoms with Crippen molar-refractivity contribution in [2.45, 2.75) is 19.5 Å². The second-order valence-corrected chi connectivity index (χ2v) is 6.66. The standard InChI is InChI=1S/C23H21FN2O2/c1-2-15-28-19-13-11-18(12-14-19)26-22(16-7-9-17(24)10-8-16)25-21-6-4-3-5-20(21)23(26)27/h3-14,22,25H,2,15H2,1H3/t22-/m0/s1. The molecule has 1 atom stereocenters. The molecule has 1 aliphatic heterocycles. The molecule has 0 radical (unpaired) electrons. The van der Waals surface area contributed by atoms with Crippen molar-refractivity contribution < 1.29 is 13.9 Å². The van der Waals surface area contributed by atoms with E-state index in [2.05, 4.69) is 12.2 Å². The molecule has 0 aliphatic carbocycles. The van der Waals surface area contributed by atoms with Crippen LogP contribution in [0.5, 0.6) is 5.75 Å². The lowest BCUT2D eigenvalue weighted by atomic mass is 10.0. The van der Waals surface area contributed by atoms with E-state index in [0.717, 1.165) is 29.1 Å². The third-order valence-corrected chi connectivity index (χ3v) is 4.70. The number of halogens is 1. The van der Waals surface area contributed by atoms with E-state index in [4.69, 9.17) is 4.74 Å². The molecule has 4 nitrogen and oxygen atoms in total. The van der Waals surface area contributed by atoms with Crippen LogP contribution in [0.3, 0.4) is 0 Å². The molecule has 142 valence electrons. The third-order valence-electron chi connectivity index (χ3n) is 4.70. The number of rotatable bonds is 5. The van der Waals surface area contributed by atoms with Crippen LogP contribution in [0.15, 0.2) is 72.8 Å². The molecule has 0 spiro atoms. The molecule has 0 unspecified atom stereocenters. The van der Waals surface area contributed by atoms with Gasteiger partial charge in [0.1, 0.15) is 17.7 Å². The lowest BCUT2D eigenvalue weighted by Crippen LogP contribution is -2.43. The fourth-order valence-electron chi connectivity index (χ4n) is 3.32. The first-order valence-electron chi connectivity index (χ1n) is 9.35. The second kappa shape index (κ2) is 7.72. The van der Waals surface area contributed by atoms with Gasteiger partial charge < -0.3 is 10.1 Å². The number of nitrogens with zero attached hydrogens (tertiary/aromatic N) is 1. The van der Waals surface area contributed by atoms with Gasteiger partial charge in [0.25, 0.3) is 5.91 Å². The number of carbonyl (C=O) groups is 1. The minimum absolute atomic E-state index is 0.106. The predicted molar refractivity (Wildman–Crippen MR) is 108 cm³/mol. The average Bonchev–Trinajstić information content (AvgIpc) is 2.73. The Balaban J connectivity index is 1.74. The van der Waals surface area contributed by atoms with Gasteiger partial charge in [0, 0.05) is 11.4 Å². The van der Waals surface area contributed by atoms with E-state index in [1.165, 1.54) is 12.1 Å². The molecule has 3 aromatic rings. The Hall–Kier alpha value is -3.34. The molecular weight excluding hydrogens is 355 g/mol. The first-order chi connectivity index (χ1) is 13.7. The summed E-state index contributed by atoms with van der Waals surface area (Å²) < 4.78 is 19.1. The number of hydrogen-bond acceptors (Lipinski definition) is 3. The van der Waals surface area contributed by atoms with Gasteiger partial charge >= 0.3 is 0 Å². The quantitative estimate of drug-likeness (QED) is 0.649. The number of hydrogen-bond donors (Lipinski definition) is 1. The van der Waals surface area contributed by atoms with Gasteiger partial charge in [-0.25, -0.2) is 4.39 Å². The van der Waals surface area contributed by atoms with Crippen LogP contribution >= 0.6 is 0 Å². The summed E-state index contributed by atoms with van der Waals surface area (Å²) in [6, 6.07) is 21.1. The Kier molecular flexibility index (Phi) is 4.98. The van der Waals surface area contributed by atoms with Crippen molar-refractivity contribution in [1.82, 2.24) is 0 Å². The van der Waals surface area contributed by atoms with Crippen LogP contribution in [0.25, 0.3) is 0 Å². The predicted octanol–water partition coefficient (Wildman–Crippen LogP) is 5.39. The van der Waals surface area contributed by atoms with Gasteiger partial charge in [-0.15, -0.1) is 0 Å². The van der Waals surface area contributed by atoms with Gasteiger partial charge in [-0.05, 0) is 60.5 Å². The first-order valence-corrected chi connectivity index (χ1v) is 9.35. The van der Waals surface area contributed by atoms with Crippen molar-refractivity contribution in [3.8, 4) is 5.75 Å². The first kappa shape index (κ1) is 18.0. The van der Waals surface area contributed by atoms with Crippen LogP contribution in [0, 0.1) is 5.82 Å². The van der Waals surface area contributed by atoms with Crippen molar-refractivity contribution in [2.24, 2.45) is 0 Å². The zero-order valence-electron chi connectivity index (χ0n) is 15.6. The summed E-state index contributed by atoms with van der Waals surface area (Å²) in [5.74, 6) is 0.350. The molecule has 1 N–H and O–H groups in total. The summed E-state index contributed by atoms with van der Waals surface area (Å²) in [6.45, 7) is 2.70. The molecule has 28 heavy (non-hydrogen) atoms. The van der Waals surface area contributed by atoms with E-state index in [1.54, 1.807) is 23.1 Å². The number of benzene rings is 3. The molecule has 3 aromatic carbocycles. The number of fused-ring (bicyclic) bond motifs is 1. The van der Waals surface area contributed by atoms with Crippen LogP contribution in [0.4, 0.5) is 15.8 Å². The summed E-state index contributed by atoms with van der Waals surface area (Å²) in [5, 5.41) is 3.41. The van der Waals surface area contributed by atoms with Crippen LogP contribution in [-0.2, 0) is 0 Å². The highest BCUT2D eigenvalue weighted by molar-refractivity contribution is 6.12. The third kappa shape index (κ3) is 3.43. The Morgan fingerprint density at radius 3 is 2.43 bits per heavy atom. The van der Waals surface area contributed by atoms with Crippen molar-refractivity contribution >= 4 is 17.3 Å². The monoisotopic (exact) mass is 376 g/mol. The van der Waals surface area contributed by atoms with Crippen LogP contribution < -0.4 is 15.0 Å². The molecular formula is C23H21FN2O2. The Labute approximate surface area is 163 Å². The van der Waals surface area contributed by atoms with E-state index in [0.29, 0.717) is 12.2 Å².